The zero-order valence-corrected chi connectivity index (χ0v) is 17.4. The fourth-order valence-electron chi connectivity index (χ4n) is 2.64. The number of carbonyl (C=O) groups is 1. The van der Waals surface area contributed by atoms with Crippen LogP contribution in [0.3, 0.4) is 0 Å². The molecule has 0 atom stereocenters. The largest absolute Gasteiger partial charge is 0.506 e. The predicted molar refractivity (Wildman–Crippen MR) is 109 cm³/mol. The third-order valence-corrected chi connectivity index (χ3v) is 5.20. The molecule has 1 amide bonds. The van der Waals surface area contributed by atoms with Gasteiger partial charge in [-0.15, -0.1) is 0 Å². The Morgan fingerprint density at radius 2 is 1.78 bits per heavy atom. The van der Waals surface area contributed by atoms with E-state index in [9.17, 15) is 15.0 Å². The van der Waals surface area contributed by atoms with Crippen molar-refractivity contribution in [2.45, 2.75) is 6.54 Å². The van der Waals surface area contributed by atoms with Crippen LogP contribution < -0.4 is 0 Å². The fourth-order valence-corrected chi connectivity index (χ4v) is 3.83. The van der Waals surface area contributed by atoms with Crippen LogP contribution in [-0.4, -0.2) is 44.4 Å². The molecule has 2 aromatic carbocycles. The summed E-state index contributed by atoms with van der Waals surface area (Å²) in [7, 11) is 0. The van der Waals surface area contributed by atoms with Gasteiger partial charge in [0.1, 0.15) is 11.4 Å². The number of phenols is 1. The number of carbonyl (C=O) groups excluding carboxylic acids is 1. The molecule has 3 aromatic rings. The van der Waals surface area contributed by atoms with Gasteiger partial charge in [0.15, 0.2) is 0 Å². The van der Waals surface area contributed by atoms with Crippen LogP contribution in [-0.2, 0) is 6.54 Å². The number of hydrogen-bond acceptors (Lipinski definition) is 4. The number of aromatic amines is 1. The van der Waals surface area contributed by atoms with Gasteiger partial charge in [-0.1, -0.05) is 30.3 Å². The Kier molecular flexibility index (Phi) is 6.30. The summed E-state index contributed by atoms with van der Waals surface area (Å²) in [6, 6.07) is 14.7. The number of hydrogen-bond donors (Lipinski definition) is 3. The minimum Gasteiger partial charge on any atom is -0.506 e. The Hall–Kier alpha value is -2.16. The van der Waals surface area contributed by atoms with Crippen molar-refractivity contribution in [3.8, 4) is 17.0 Å². The number of nitrogens with zero attached hydrogens (tertiary/aromatic N) is 2. The first-order valence-electron chi connectivity index (χ1n) is 8.17. The molecule has 3 rings (SSSR count). The van der Waals surface area contributed by atoms with E-state index in [1.165, 1.54) is 0 Å². The van der Waals surface area contributed by atoms with Crippen molar-refractivity contribution in [1.82, 2.24) is 15.1 Å². The van der Waals surface area contributed by atoms with E-state index < -0.39 is 0 Å². The van der Waals surface area contributed by atoms with Crippen LogP contribution in [0.1, 0.15) is 16.1 Å². The first-order valence-corrected chi connectivity index (χ1v) is 9.76. The fraction of sp³-hybridized carbons (Fsp3) is 0.158. The minimum absolute atomic E-state index is 0.0996. The van der Waals surface area contributed by atoms with E-state index >= 15 is 0 Å². The first-order chi connectivity index (χ1) is 13.0. The molecule has 0 aliphatic carbocycles. The number of nitrogens with one attached hydrogen (secondary N) is 1. The van der Waals surface area contributed by atoms with Crippen LogP contribution in [0, 0.1) is 0 Å². The van der Waals surface area contributed by atoms with Gasteiger partial charge in [0.2, 0.25) is 0 Å². The summed E-state index contributed by atoms with van der Waals surface area (Å²) in [6.07, 6.45) is 0. The van der Waals surface area contributed by atoms with Crippen molar-refractivity contribution < 1.29 is 15.0 Å². The molecule has 0 spiro atoms. The van der Waals surface area contributed by atoms with E-state index in [-0.39, 0.29) is 24.8 Å². The van der Waals surface area contributed by atoms with Crippen molar-refractivity contribution in [2.75, 3.05) is 13.2 Å². The molecule has 0 fully saturated rings. The number of aliphatic hydroxyl groups is 1. The second-order valence-electron chi connectivity index (χ2n) is 5.89. The summed E-state index contributed by atoms with van der Waals surface area (Å²) in [5.74, 6) is -0.147. The molecule has 0 saturated heterocycles. The maximum Gasteiger partial charge on any atom is 0.272 e. The average molecular weight is 495 g/mol. The van der Waals surface area contributed by atoms with Crippen molar-refractivity contribution in [1.29, 1.82) is 0 Å². The Labute approximate surface area is 173 Å². The second-order valence-corrected chi connectivity index (χ2v) is 7.60. The number of amides is 1. The summed E-state index contributed by atoms with van der Waals surface area (Å²) in [6.45, 7) is 0.487. The number of aliphatic hydroxyl groups excluding tert-OH is 1. The smallest absolute Gasteiger partial charge is 0.272 e. The van der Waals surface area contributed by atoms with E-state index in [2.05, 4.69) is 42.1 Å². The molecular weight excluding hydrogens is 478 g/mol. The van der Waals surface area contributed by atoms with Gasteiger partial charge < -0.3 is 15.1 Å². The number of phenolic OH excluding ortho intramolecular Hbond substituents is 1. The van der Waals surface area contributed by atoms with Gasteiger partial charge in [-0.3, -0.25) is 9.89 Å². The summed E-state index contributed by atoms with van der Waals surface area (Å²) in [5.41, 5.74) is 2.61. The van der Waals surface area contributed by atoms with Gasteiger partial charge in [0.05, 0.1) is 21.2 Å². The predicted octanol–water partition coefficient (Wildman–Crippen LogP) is 3.94. The SMILES string of the molecule is O=C(c1cc(-c2cc(Br)c(O)c(Br)c2)n[nH]1)N(CCO)Cc1ccccc1. The van der Waals surface area contributed by atoms with Crippen LogP contribution in [0.4, 0.5) is 0 Å². The van der Waals surface area contributed by atoms with Crippen molar-refractivity contribution in [3.05, 3.63) is 68.7 Å². The Bertz CT molecular complexity index is 921. The van der Waals surface area contributed by atoms with E-state index in [1.54, 1.807) is 23.1 Å². The van der Waals surface area contributed by atoms with E-state index in [0.29, 0.717) is 26.9 Å². The van der Waals surface area contributed by atoms with Crippen LogP contribution in [0.25, 0.3) is 11.3 Å². The standard InChI is InChI=1S/C19H17Br2N3O3/c20-14-8-13(9-15(21)18(14)26)16-10-17(23-22-16)19(27)24(6-7-25)11-12-4-2-1-3-5-12/h1-5,8-10,25-26H,6-7,11H2,(H,22,23). The molecule has 0 radical (unpaired) electrons. The number of rotatable bonds is 6. The van der Waals surface area contributed by atoms with Gasteiger partial charge in [0.25, 0.3) is 5.91 Å². The van der Waals surface area contributed by atoms with Gasteiger partial charge >= 0.3 is 0 Å². The Morgan fingerprint density at radius 3 is 2.41 bits per heavy atom. The number of benzene rings is 2. The lowest BCUT2D eigenvalue weighted by molar-refractivity contribution is 0.0702. The lowest BCUT2D eigenvalue weighted by Crippen LogP contribution is -2.33. The molecule has 0 aliphatic rings. The van der Waals surface area contributed by atoms with Gasteiger partial charge in [0, 0.05) is 18.7 Å². The van der Waals surface area contributed by atoms with E-state index in [0.717, 1.165) is 11.1 Å². The van der Waals surface area contributed by atoms with Crippen LogP contribution in [0.15, 0.2) is 57.5 Å². The van der Waals surface area contributed by atoms with Crippen LogP contribution in [0.2, 0.25) is 0 Å². The van der Waals surface area contributed by atoms with Crippen molar-refractivity contribution in [2.24, 2.45) is 0 Å². The second kappa shape index (κ2) is 8.69. The van der Waals surface area contributed by atoms with E-state index in [4.69, 9.17) is 0 Å². The molecule has 27 heavy (non-hydrogen) atoms. The third kappa shape index (κ3) is 4.58. The first kappa shape index (κ1) is 19.6. The highest BCUT2D eigenvalue weighted by Crippen LogP contribution is 2.36. The van der Waals surface area contributed by atoms with Crippen LogP contribution >= 0.6 is 31.9 Å². The number of aromatic nitrogens is 2. The highest BCUT2D eigenvalue weighted by Gasteiger charge is 2.19. The van der Waals surface area contributed by atoms with Gasteiger partial charge in [-0.2, -0.15) is 5.10 Å². The Morgan fingerprint density at radius 1 is 1.11 bits per heavy atom. The molecule has 8 heteroatoms. The molecule has 0 bridgehead atoms. The Balaban J connectivity index is 1.84. The topological polar surface area (TPSA) is 89.4 Å². The molecule has 0 saturated carbocycles. The van der Waals surface area contributed by atoms with E-state index in [1.807, 2.05) is 30.3 Å². The average Bonchev–Trinajstić information content (AvgIpc) is 3.16. The highest BCUT2D eigenvalue weighted by atomic mass is 79.9. The number of halogens is 2. The highest BCUT2D eigenvalue weighted by molar-refractivity contribution is 9.11. The third-order valence-electron chi connectivity index (χ3n) is 3.99. The molecule has 1 heterocycles. The summed E-state index contributed by atoms with van der Waals surface area (Å²) in [5, 5.41) is 26.1. The van der Waals surface area contributed by atoms with Crippen LogP contribution in [0.5, 0.6) is 5.75 Å². The molecule has 140 valence electrons. The monoisotopic (exact) mass is 493 g/mol. The normalized spacial score (nSPS) is 10.8. The maximum absolute atomic E-state index is 12.9. The molecule has 1 aromatic heterocycles. The van der Waals surface area contributed by atoms with Crippen molar-refractivity contribution in [3.63, 3.8) is 0 Å². The summed E-state index contributed by atoms with van der Waals surface area (Å²) in [4.78, 5) is 14.4. The lowest BCUT2D eigenvalue weighted by Gasteiger charge is -2.21. The van der Waals surface area contributed by atoms with Gasteiger partial charge in [-0.25, -0.2) is 0 Å². The lowest BCUT2D eigenvalue weighted by atomic mass is 10.1. The molecule has 0 unspecified atom stereocenters. The van der Waals surface area contributed by atoms with Gasteiger partial charge in [-0.05, 0) is 55.6 Å². The molecule has 6 nitrogen and oxygen atoms in total. The maximum atomic E-state index is 12.9. The molecule has 3 N–H and O–H groups in total. The number of aromatic hydroxyl groups is 1. The zero-order chi connectivity index (χ0) is 19.4. The molecular formula is C19H17Br2N3O3. The minimum atomic E-state index is -0.247. The quantitative estimate of drug-likeness (QED) is 0.484. The van der Waals surface area contributed by atoms with Crippen molar-refractivity contribution >= 4 is 37.8 Å². The molecule has 0 aliphatic heterocycles. The summed E-state index contributed by atoms with van der Waals surface area (Å²) < 4.78 is 1.04. The number of H-pyrrole nitrogens is 1. The summed E-state index contributed by atoms with van der Waals surface area (Å²) >= 11 is 6.58. The zero-order valence-electron chi connectivity index (χ0n) is 14.2.